The second-order valence-electron chi connectivity index (χ2n) is 5.51. The van der Waals surface area contributed by atoms with Gasteiger partial charge in [-0.3, -0.25) is 4.79 Å². The SMILES string of the molecule is CCCc1ccc(OCCNC(=O)C2CCCC2)cc1. The molecule has 1 aromatic carbocycles. The van der Waals surface area contributed by atoms with E-state index in [0.717, 1.165) is 31.4 Å². The number of amides is 1. The van der Waals surface area contributed by atoms with Gasteiger partial charge in [-0.15, -0.1) is 0 Å². The molecule has 3 heteroatoms. The minimum atomic E-state index is 0.199. The zero-order valence-corrected chi connectivity index (χ0v) is 12.4. The van der Waals surface area contributed by atoms with E-state index < -0.39 is 0 Å². The molecule has 1 amide bonds. The van der Waals surface area contributed by atoms with Crippen LogP contribution in [0.5, 0.6) is 5.75 Å². The lowest BCUT2D eigenvalue weighted by Crippen LogP contribution is -2.32. The van der Waals surface area contributed by atoms with Crippen molar-refractivity contribution in [3.05, 3.63) is 29.8 Å². The Morgan fingerprint density at radius 2 is 1.95 bits per heavy atom. The molecule has 1 aliphatic carbocycles. The monoisotopic (exact) mass is 275 g/mol. The number of hydrogen-bond acceptors (Lipinski definition) is 2. The molecule has 0 atom stereocenters. The van der Waals surface area contributed by atoms with Crippen molar-refractivity contribution in [2.45, 2.75) is 45.4 Å². The van der Waals surface area contributed by atoms with E-state index >= 15 is 0 Å². The molecule has 0 spiro atoms. The van der Waals surface area contributed by atoms with Crippen LogP contribution in [0.2, 0.25) is 0 Å². The van der Waals surface area contributed by atoms with E-state index in [2.05, 4.69) is 24.4 Å². The van der Waals surface area contributed by atoms with Crippen molar-refractivity contribution in [1.82, 2.24) is 5.32 Å². The summed E-state index contributed by atoms with van der Waals surface area (Å²) in [6, 6.07) is 8.22. The summed E-state index contributed by atoms with van der Waals surface area (Å²) in [4.78, 5) is 11.8. The molecule has 2 rings (SSSR count). The van der Waals surface area contributed by atoms with Crippen molar-refractivity contribution in [2.24, 2.45) is 5.92 Å². The summed E-state index contributed by atoms with van der Waals surface area (Å²) < 4.78 is 5.64. The number of rotatable bonds is 7. The molecule has 0 bridgehead atoms. The van der Waals surface area contributed by atoms with Gasteiger partial charge in [-0.2, -0.15) is 0 Å². The van der Waals surface area contributed by atoms with Gasteiger partial charge in [0.2, 0.25) is 5.91 Å². The maximum absolute atomic E-state index is 11.8. The first kappa shape index (κ1) is 14.9. The minimum Gasteiger partial charge on any atom is -0.492 e. The standard InChI is InChI=1S/C17H25NO2/c1-2-5-14-8-10-16(11-9-14)20-13-12-18-17(19)15-6-3-4-7-15/h8-11,15H,2-7,12-13H2,1H3,(H,18,19). The number of benzene rings is 1. The molecule has 3 nitrogen and oxygen atoms in total. The summed E-state index contributed by atoms with van der Waals surface area (Å²) >= 11 is 0. The average molecular weight is 275 g/mol. The third kappa shape index (κ3) is 4.55. The third-order valence-electron chi connectivity index (χ3n) is 3.86. The molecule has 0 aromatic heterocycles. The molecule has 1 N–H and O–H groups in total. The molecule has 0 radical (unpaired) electrons. The zero-order valence-electron chi connectivity index (χ0n) is 12.4. The lowest BCUT2D eigenvalue weighted by Gasteiger charge is -2.11. The van der Waals surface area contributed by atoms with Crippen LogP contribution in [0.15, 0.2) is 24.3 Å². The van der Waals surface area contributed by atoms with E-state index in [0.29, 0.717) is 13.2 Å². The van der Waals surface area contributed by atoms with Crippen LogP contribution in [0.25, 0.3) is 0 Å². The number of hydrogen-bond donors (Lipinski definition) is 1. The quantitative estimate of drug-likeness (QED) is 0.775. The van der Waals surface area contributed by atoms with Gasteiger partial charge in [0.15, 0.2) is 0 Å². The number of aryl methyl sites for hydroxylation is 1. The Hall–Kier alpha value is -1.51. The topological polar surface area (TPSA) is 38.3 Å². The molecule has 0 heterocycles. The number of carbonyl (C=O) groups is 1. The van der Waals surface area contributed by atoms with Gasteiger partial charge in [0, 0.05) is 5.92 Å². The van der Waals surface area contributed by atoms with Crippen molar-refractivity contribution < 1.29 is 9.53 Å². The highest BCUT2D eigenvalue weighted by molar-refractivity contribution is 5.78. The Morgan fingerprint density at radius 3 is 2.60 bits per heavy atom. The molecule has 1 fully saturated rings. The van der Waals surface area contributed by atoms with E-state index in [9.17, 15) is 4.79 Å². The lowest BCUT2D eigenvalue weighted by molar-refractivity contribution is -0.124. The average Bonchev–Trinajstić information content (AvgIpc) is 3.00. The number of ether oxygens (including phenoxy) is 1. The number of carbonyl (C=O) groups excluding carboxylic acids is 1. The summed E-state index contributed by atoms with van der Waals surface area (Å²) in [5, 5.41) is 2.96. The highest BCUT2D eigenvalue weighted by atomic mass is 16.5. The van der Waals surface area contributed by atoms with E-state index in [-0.39, 0.29) is 11.8 Å². The predicted octanol–water partition coefficient (Wildman–Crippen LogP) is 3.32. The van der Waals surface area contributed by atoms with Crippen LogP contribution in [0.3, 0.4) is 0 Å². The molecule has 0 aliphatic heterocycles. The van der Waals surface area contributed by atoms with Crippen LogP contribution >= 0.6 is 0 Å². The van der Waals surface area contributed by atoms with Gasteiger partial charge >= 0.3 is 0 Å². The molecule has 1 aromatic rings. The van der Waals surface area contributed by atoms with Crippen molar-refractivity contribution >= 4 is 5.91 Å². The van der Waals surface area contributed by atoms with Crippen molar-refractivity contribution in [3.8, 4) is 5.75 Å². The van der Waals surface area contributed by atoms with Crippen LogP contribution in [0, 0.1) is 5.92 Å². The first-order chi connectivity index (χ1) is 9.79. The normalized spacial score (nSPS) is 15.2. The van der Waals surface area contributed by atoms with Gasteiger partial charge < -0.3 is 10.1 Å². The maximum atomic E-state index is 11.8. The van der Waals surface area contributed by atoms with Crippen LogP contribution in [0.1, 0.15) is 44.6 Å². The number of nitrogens with one attached hydrogen (secondary N) is 1. The first-order valence-electron chi connectivity index (χ1n) is 7.79. The minimum absolute atomic E-state index is 0.199. The van der Waals surface area contributed by atoms with Gasteiger partial charge in [0.1, 0.15) is 12.4 Å². The van der Waals surface area contributed by atoms with E-state index in [1.54, 1.807) is 0 Å². The summed E-state index contributed by atoms with van der Waals surface area (Å²) in [6.07, 6.45) is 6.75. The zero-order chi connectivity index (χ0) is 14.2. The highest BCUT2D eigenvalue weighted by Crippen LogP contribution is 2.24. The summed E-state index contributed by atoms with van der Waals surface area (Å²) in [7, 11) is 0. The maximum Gasteiger partial charge on any atom is 0.223 e. The molecule has 1 saturated carbocycles. The molecular formula is C17H25NO2. The van der Waals surface area contributed by atoms with Crippen LogP contribution in [-0.2, 0) is 11.2 Å². The second kappa shape index (κ2) is 7.93. The Morgan fingerprint density at radius 1 is 1.25 bits per heavy atom. The van der Waals surface area contributed by atoms with Crippen molar-refractivity contribution in [2.75, 3.05) is 13.2 Å². The largest absolute Gasteiger partial charge is 0.492 e. The van der Waals surface area contributed by atoms with Crippen molar-refractivity contribution in [3.63, 3.8) is 0 Å². The fourth-order valence-corrected chi connectivity index (χ4v) is 2.72. The molecule has 20 heavy (non-hydrogen) atoms. The second-order valence-corrected chi connectivity index (χ2v) is 5.51. The third-order valence-corrected chi connectivity index (χ3v) is 3.86. The van der Waals surface area contributed by atoms with Crippen LogP contribution in [-0.4, -0.2) is 19.1 Å². The Balaban J connectivity index is 1.63. The van der Waals surface area contributed by atoms with Gasteiger partial charge in [0.25, 0.3) is 0 Å². The summed E-state index contributed by atoms with van der Waals surface area (Å²) in [6.45, 7) is 3.30. The highest BCUT2D eigenvalue weighted by Gasteiger charge is 2.21. The van der Waals surface area contributed by atoms with E-state index in [1.165, 1.54) is 18.4 Å². The fourth-order valence-electron chi connectivity index (χ4n) is 2.72. The van der Waals surface area contributed by atoms with E-state index in [1.807, 2.05) is 12.1 Å². The van der Waals surface area contributed by atoms with Crippen LogP contribution < -0.4 is 10.1 Å². The Bertz CT molecular complexity index is 408. The van der Waals surface area contributed by atoms with Gasteiger partial charge in [0.05, 0.1) is 6.54 Å². The predicted molar refractivity (Wildman–Crippen MR) is 80.9 cm³/mol. The van der Waals surface area contributed by atoms with Crippen LogP contribution in [0.4, 0.5) is 0 Å². The molecule has 0 saturated heterocycles. The molecular weight excluding hydrogens is 250 g/mol. The molecule has 110 valence electrons. The van der Waals surface area contributed by atoms with E-state index in [4.69, 9.17) is 4.74 Å². The fraction of sp³-hybridized carbons (Fsp3) is 0.588. The lowest BCUT2D eigenvalue weighted by atomic mass is 10.1. The first-order valence-corrected chi connectivity index (χ1v) is 7.79. The molecule has 0 unspecified atom stereocenters. The summed E-state index contributed by atoms with van der Waals surface area (Å²) in [5.41, 5.74) is 1.34. The van der Waals surface area contributed by atoms with Gasteiger partial charge in [-0.1, -0.05) is 38.3 Å². The Kier molecular flexibility index (Phi) is 5.90. The van der Waals surface area contributed by atoms with Crippen molar-refractivity contribution in [1.29, 1.82) is 0 Å². The smallest absolute Gasteiger partial charge is 0.223 e. The Labute approximate surface area is 121 Å². The summed E-state index contributed by atoms with van der Waals surface area (Å²) in [5.74, 6) is 1.31. The molecule has 1 aliphatic rings. The van der Waals surface area contributed by atoms with Gasteiger partial charge in [-0.25, -0.2) is 0 Å². The van der Waals surface area contributed by atoms with Gasteiger partial charge in [-0.05, 0) is 37.0 Å².